The van der Waals surface area contributed by atoms with Crippen LogP contribution in [0, 0.1) is 0 Å². The van der Waals surface area contributed by atoms with Gasteiger partial charge in [0.05, 0.1) is 12.8 Å². The first-order chi connectivity index (χ1) is 8.20. The van der Waals surface area contributed by atoms with Crippen molar-refractivity contribution in [1.82, 2.24) is 0 Å². The van der Waals surface area contributed by atoms with Crippen LogP contribution in [0.3, 0.4) is 0 Å². The molecule has 0 amide bonds. The summed E-state index contributed by atoms with van der Waals surface area (Å²) < 4.78 is 5.20. The number of hydrogen-bond donors (Lipinski definition) is 2. The first kappa shape index (κ1) is 11.3. The lowest BCUT2D eigenvalue weighted by Crippen LogP contribution is -2.00. The summed E-state index contributed by atoms with van der Waals surface area (Å²) >= 11 is 0. The van der Waals surface area contributed by atoms with Crippen molar-refractivity contribution in [2.75, 3.05) is 18.6 Å². The Morgan fingerprint density at radius 2 is 1.71 bits per heavy atom. The number of anilines is 2. The minimum Gasteiger partial charge on any atom is -0.495 e. The van der Waals surface area contributed by atoms with Crippen molar-refractivity contribution < 1.29 is 4.74 Å². The number of rotatable bonds is 3. The zero-order valence-corrected chi connectivity index (χ0v) is 9.81. The van der Waals surface area contributed by atoms with Gasteiger partial charge in [0.2, 0.25) is 0 Å². The SMILES string of the molecule is COc1cc(Cc2ccccc2)c(N)cc1N. The van der Waals surface area contributed by atoms with Gasteiger partial charge in [-0.25, -0.2) is 0 Å². The van der Waals surface area contributed by atoms with Crippen molar-refractivity contribution in [2.24, 2.45) is 0 Å². The molecule has 4 N–H and O–H groups in total. The standard InChI is InChI=1S/C14H16N2O/c1-17-14-8-11(12(15)9-13(14)16)7-10-5-3-2-4-6-10/h2-6,8-9H,7,15-16H2,1H3. The van der Waals surface area contributed by atoms with Crippen molar-refractivity contribution in [2.45, 2.75) is 6.42 Å². The van der Waals surface area contributed by atoms with E-state index in [1.54, 1.807) is 13.2 Å². The molecule has 3 nitrogen and oxygen atoms in total. The van der Waals surface area contributed by atoms with E-state index in [4.69, 9.17) is 16.2 Å². The van der Waals surface area contributed by atoms with Crippen molar-refractivity contribution >= 4 is 11.4 Å². The van der Waals surface area contributed by atoms with Crippen LogP contribution in [0.2, 0.25) is 0 Å². The van der Waals surface area contributed by atoms with E-state index in [1.165, 1.54) is 5.56 Å². The summed E-state index contributed by atoms with van der Waals surface area (Å²) in [6.45, 7) is 0. The summed E-state index contributed by atoms with van der Waals surface area (Å²) in [5.41, 5.74) is 15.3. The van der Waals surface area contributed by atoms with E-state index in [9.17, 15) is 0 Å². The van der Waals surface area contributed by atoms with Gasteiger partial charge in [-0.3, -0.25) is 0 Å². The van der Waals surface area contributed by atoms with Crippen molar-refractivity contribution in [3.63, 3.8) is 0 Å². The van der Waals surface area contributed by atoms with Gasteiger partial charge in [0.15, 0.2) is 0 Å². The van der Waals surface area contributed by atoms with Gasteiger partial charge in [-0.15, -0.1) is 0 Å². The smallest absolute Gasteiger partial charge is 0.142 e. The molecule has 0 aliphatic heterocycles. The Hall–Kier alpha value is -2.16. The Morgan fingerprint density at radius 3 is 2.35 bits per heavy atom. The summed E-state index contributed by atoms with van der Waals surface area (Å²) in [5.74, 6) is 0.671. The maximum absolute atomic E-state index is 5.96. The van der Waals surface area contributed by atoms with E-state index in [1.807, 2.05) is 24.3 Å². The van der Waals surface area contributed by atoms with Gasteiger partial charge in [-0.2, -0.15) is 0 Å². The zero-order chi connectivity index (χ0) is 12.3. The molecule has 2 aromatic rings. The summed E-state index contributed by atoms with van der Waals surface area (Å²) in [7, 11) is 1.61. The second kappa shape index (κ2) is 4.78. The largest absolute Gasteiger partial charge is 0.495 e. The summed E-state index contributed by atoms with van der Waals surface area (Å²) in [5, 5.41) is 0. The van der Waals surface area contributed by atoms with E-state index in [-0.39, 0.29) is 0 Å². The minimum absolute atomic E-state index is 0.571. The molecule has 0 heterocycles. The molecule has 2 aromatic carbocycles. The first-order valence-corrected chi connectivity index (χ1v) is 5.46. The van der Waals surface area contributed by atoms with Gasteiger partial charge in [0, 0.05) is 5.69 Å². The molecule has 0 fully saturated rings. The van der Waals surface area contributed by atoms with Crippen LogP contribution >= 0.6 is 0 Å². The van der Waals surface area contributed by atoms with E-state index < -0.39 is 0 Å². The lowest BCUT2D eigenvalue weighted by atomic mass is 10.0. The third kappa shape index (κ3) is 2.50. The maximum atomic E-state index is 5.96. The van der Waals surface area contributed by atoms with Crippen LogP contribution in [0.1, 0.15) is 11.1 Å². The predicted molar refractivity (Wildman–Crippen MR) is 71.1 cm³/mol. The fourth-order valence-electron chi connectivity index (χ4n) is 1.80. The number of benzene rings is 2. The number of ether oxygens (including phenoxy) is 1. The zero-order valence-electron chi connectivity index (χ0n) is 9.81. The first-order valence-electron chi connectivity index (χ1n) is 5.46. The van der Waals surface area contributed by atoms with Gasteiger partial charge in [0.25, 0.3) is 0 Å². The van der Waals surface area contributed by atoms with E-state index >= 15 is 0 Å². The number of hydrogen-bond acceptors (Lipinski definition) is 3. The summed E-state index contributed by atoms with van der Waals surface area (Å²) in [6.07, 6.45) is 0.781. The van der Waals surface area contributed by atoms with E-state index in [0.717, 1.165) is 12.0 Å². The highest BCUT2D eigenvalue weighted by Gasteiger charge is 2.06. The minimum atomic E-state index is 0.571. The van der Waals surface area contributed by atoms with Crippen LogP contribution in [-0.4, -0.2) is 7.11 Å². The molecule has 0 saturated carbocycles. The molecule has 0 aliphatic carbocycles. The third-order valence-electron chi connectivity index (χ3n) is 2.73. The average molecular weight is 228 g/mol. The Kier molecular flexibility index (Phi) is 3.19. The molecular weight excluding hydrogens is 212 g/mol. The highest BCUT2D eigenvalue weighted by molar-refractivity contribution is 5.65. The molecule has 0 radical (unpaired) electrons. The highest BCUT2D eigenvalue weighted by Crippen LogP contribution is 2.28. The number of methoxy groups -OCH3 is 1. The fraction of sp³-hybridized carbons (Fsp3) is 0.143. The Labute approximate surface area is 101 Å². The fourth-order valence-corrected chi connectivity index (χ4v) is 1.80. The molecular formula is C14H16N2O. The Bertz CT molecular complexity index is 509. The van der Waals surface area contributed by atoms with E-state index in [2.05, 4.69) is 12.1 Å². The maximum Gasteiger partial charge on any atom is 0.142 e. The van der Waals surface area contributed by atoms with Crippen LogP contribution in [0.25, 0.3) is 0 Å². The number of nitrogens with two attached hydrogens (primary N) is 2. The summed E-state index contributed by atoms with van der Waals surface area (Å²) in [6, 6.07) is 13.8. The molecule has 0 aliphatic rings. The van der Waals surface area contributed by atoms with Crippen LogP contribution in [0.15, 0.2) is 42.5 Å². The molecule has 2 rings (SSSR count). The third-order valence-corrected chi connectivity index (χ3v) is 2.73. The molecule has 3 heteroatoms. The van der Waals surface area contributed by atoms with Crippen LogP contribution in [0.4, 0.5) is 11.4 Å². The van der Waals surface area contributed by atoms with Crippen LogP contribution < -0.4 is 16.2 Å². The van der Waals surface area contributed by atoms with Crippen molar-refractivity contribution in [3.05, 3.63) is 53.6 Å². The van der Waals surface area contributed by atoms with Crippen LogP contribution in [-0.2, 0) is 6.42 Å². The Balaban J connectivity index is 2.33. The van der Waals surface area contributed by atoms with Gasteiger partial charge in [0.1, 0.15) is 5.75 Å². The summed E-state index contributed by atoms with van der Waals surface area (Å²) in [4.78, 5) is 0. The molecule has 88 valence electrons. The van der Waals surface area contributed by atoms with Gasteiger partial charge in [-0.05, 0) is 29.7 Å². The lowest BCUT2D eigenvalue weighted by molar-refractivity contribution is 0.416. The van der Waals surface area contributed by atoms with Crippen molar-refractivity contribution in [1.29, 1.82) is 0 Å². The van der Waals surface area contributed by atoms with Gasteiger partial charge < -0.3 is 16.2 Å². The average Bonchev–Trinajstić information content (AvgIpc) is 2.34. The molecule has 0 unspecified atom stereocenters. The quantitative estimate of drug-likeness (QED) is 0.793. The van der Waals surface area contributed by atoms with Crippen LogP contribution in [0.5, 0.6) is 5.75 Å². The molecule has 0 bridgehead atoms. The highest BCUT2D eigenvalue weighted by atomic mass is 16.5. The van der Waals surface area contributed by atoms with Crippen molar-refractivity contribution in [3.8, 4) is 5.75 Å². The second-order valence-electron chi connectivity index (χ2n) is 3.96. The van der Waals surface area contributed by atoms with E-state index in [0.29, 0.717) is 17.1 Å². The number of nitrogen functional groups attached to an aromatic ring is 2. The molecule has 0 saturated heterocycles. The monoisotopic (exact) mass is 228 g/mol. The molecule has 17 heavy (non-hydrogen) atoms. The normalized spacial score (nSPS) is 10.2. The Morgan fingerprint density at radius 1 is 1.00 bits per heavy atom. The molecule has 0 spiro atoms. The lowest BCUT2D eigenvalue weighted by Gasteiger charge is -2.11. The topological polar surface area (TPSA) is 61.3 Å². The molecule has 0 aromatic heterocycles. The second-order valence-corrected chi connectivity index (χ2v) is 3.96. The van der Waals surface area contributed by atoms with Gasteiger partial charge in [-0.1, -0.05) is 30.3 Å². The predicted octanol–water partition coefficient (Wildman–Crippen LogP) is 2.45. The van der Waals surface area contributed by atoms with Gasteiger partial charge >= 0.3 is 0 Å². The molecule has 0 atom stereocenters.